The molecule has 0 atom stereocenters. The maximum Gasteiger partial charge on any atom is 0.415 e. The first-order valence-electron chi connectivity index (χ1n) is 6.94. The average molecular weight is 235 g/mol. The molecule has 3 aliphatic rings. The van der Waals surface area contributed by atoms with Gasteiger partial charge in [0.1, 0.15) is 0 Å². The molecule has 1 saturated heterocycles. The summed E-state index contributed by atoms with van der Waals surface area (Å²) in [5.74, 6) is 0. The topological polar surface area (TPSA) is 29.5 Å². The van der Waals surface area contributed by atoms with Gasteiger partial charge in [-0.2, -0.15) is 0 Å². The summed E-state index contributed by atoms with van der Waals surface area (Å²) in [5.41, 5.74) is 0.626. The summed E-state index contributed by atoms with van der Waals surface area (Å²) < 4.78 is 5.68. The van der Waals surface area contributed by atoms with Crippen LogP contribution >= 0.6 is 0 Å². The number of ether oxygens (including phenoxy) is 1. The summed E-state index contributed by atoms with van der Waals surface area (Å²) in [6.07, 6.45) is 10.1. The standard InChI is InChI=1S/C14H21NO2/c1-11-14(9-5-6-10-14)17-13(16)15(11)12-7-3-2-4-8-12/h12H,1-10H2. The lowest BCUT2D eigenvalue weighted by Gasteiger charge is -2.31. The third kappa shape index (κ3) is 1.67. The fourth-order valence-electron chi connectivity index (χ4n) is 3.65. The van der Waals surface area contributed by atoms with E-state index in [1.54, 1.807) is 0 Å². The van der Waals surface area contributed by atoms with E-state index < -0.39 is 0 Å². The van der Waals surface area contributed by atoms with Crippen LogP contribution in [0.25, 0.3) is 0 Å². The van der Waals surface area contributed by atoms with Crippen LogP contribution in [0.1, 0.15) is 57.8 Å². The first-order valence-corrected chi connectivity index (χ1v) is 6.94. The van der Waals surface area contributed by atoms with Gasteiger partial charge in [-0.25, -0.2) is 4.79 Å². The predicted octanol–water partition coefficient (Wildman–Crippen LogP) is 3.60. The second-order valence-corrected chi connectivity index (χ2v) is 5.68. The third-order valence-corrected chi connectivity index (χ3v) is 4.65. The molecule has 1 amide bonds. The first-order chi connectivity index (χ1) is 8.23. The molecule has 0 bridgehead atoms. The number of carbonyl (C=O) groups excluding carboxylic acids is 1. The van der Waals surface area contributed by atoms with E-state index in [-0.39, 0.29) is 11.7 Å². The largest absolute Gasteiger partial charge is 0.436 e. The van der Waals surface area contributed by atoms with Gasteiger partial charge in [0, 0.05) is 6.04 Å². The Labute approximate surface area is 103 Å². The molecule has 3 rings (SSSR count). The molecule has 0 N–H and O–H groups in total. The monoisotopic (exact) mass is 235 g/mol. The van der Waals surface area contributed by atoms with Crippen molar-refractivity contribution in [2.24, 2.45) is 0 Å². The maximum absolute atomic E-state index is 12.1. The molecule has 1 heterocycles. The van der Waals surface area contributed by atoms with E-state index in [1.807, 2.05) is 4.90 Å². The van der Waals surface area contributed by atoms with Crippen molar-refractivity contribution in [2.45, 2.75) is 69.4 Å². The van der Waals surface area contributed by atoms with Crippen LogP contribution in [0.3, 0.4) is 0 Å². The zero-order chi connectivity index (χ0) is 11.9. The number of nitrogens with zero attached hydrogens (tertiary/aromatic N) is 1. The fourth-order valence-corrected chi connectivity index (χ4v) is 3.65. The molecule has 3 fully saturated rings. The fraction of sp³-hybridized carbons (Fsp3) is 0.786. The normalized spacial score (nSPS) is 29.1. The lowest BCUT2D eigenvalue weighted by Crippen LogP contribution is -2.37. The Morgan fingerprint density at radius 3 is 2.41 bits per heavy atom. The van der Waals surface area contributed by atoms with Gasteiger partial charge in [0.15, 0.2) is 5.60 Å². The van der Waals surface area contributed by atoms with Gasteiger partial charge in [-0.3, -0.25) is 4.90 Å². The summed E-state index contributed by atoms with van der Waals surface area (Å²) in [5, 5.41) is 0. The van der Waals surface area contributed by atoms with Gasteiger partial charge in [-0.1, -0.05) is 25.8 Å². The Kier molecular flexibility index (Phi) is 2.64. The van der Waals surface area contributed by atoms with Crippen molar-refractivity contribution in [3.63, 3.8) is 0 Å². The Balaban J connectivity index is 1.80. The molecule has 3 heteroatoms. The summed E-state index contributed by atoms with van der Waals surface area (Å²) in [6.45, 7) is 4.18. The molecule has 0 aromatic heterocycles. The number of hydrogen-bond donors (Lipinski definition) is 0. The summed E-state index contributed by atoms with van der Waals surface area (Å²) >= 11 is 0. The number of hydrogen-bond acceptors (Lipinski definition) is 2. The molecule has 1 spiro atoms. The highest BCUT2D eigenvalue weighted by atomic mass is 16.6. The van der Waals surface area contributed by atoms with Crippen molar-refractivity contribution in [1.82, 2.24) is 4.90 Å². The second kappa shape index (κ2) is 4.04. The van der Waals surface area contributed by atoms with Crippen LogP contribution in [0.2, 0.25) is 0 Å². The molecule has 17 heavy (non-hydrogen) atoms. The molecule has 0 unspecified atom stereocenters. The minimum Gasteiger partial charge on any atom is -0.436 e. The van der Waals surface area contributed by atoms with Crippen molar-refractivity contribution in [1.29, 1.82) is 0 Å². The first kappa shape index (κ1) is 11.1. The molecule has 2 aliphatic carbocycles. The van der Waals surface area contributed by atoms with E-state index in [1.165, 1.54) is 19.3 Å². The molecular formula is C14H21NO2. The lowest BCUT2D eigenvalue weighted by atomic mass is 9.92. The van der Waals surface area contributed by atoms with Gasteiger partial charge in [0.25, 0.3) is 0 Å². The van der Waals surface area contributed by atoms with Gasteiger partial charge in [0.05, 0.1) is 5.70 Å². The van der Waals surface area contributed by atoms with Crippen LogP contribution in [-0.2, 0) is 4.74 Å². The summed E-state index contributed by atoms with van der Waals surface area (Å²) in [6, 6.07) is 0.351. The van der Waals surface area contributed by atoms with Crippen molar-refractivity contribution < 1.29 is 9.53 Å². The third-order valence-electron chi connectivity index (χ3n) is 4.65. The average Bonchev–Trinajstić information content (AvgIpc) is 2.88. The Morgan fingerprint density at radius 2 is 1.76 bits per heavy atom. The van der Waals surface area contributed by atoms with Crippen LogP contribution < -0.4 is 0 Å². The second-order valence-electron chi connectivity index (χ2n) is 5.68. The molecular weight excluding hydrogens is 214 g/mol. The van der Waals surface area contributed by atoms with Crippen LogP contribution in [0.5, 0.6) is 0 Å². The smallest absolute Gasteiger partial charge is 0.415 e. The molecule has 3 nitrogen and oxygen atoms in total. The van der Waals surface area contributed by atoms with Crippen LogP contribution in [0.15, 0.2) is 12.3 Å². The lowest BCUT2D eigenvalue weighted by molar-refractivity contribution is 0.0717. The predicted molar refractivity (Wildman–Crippen MR) is 65.5 cm³/mol. The Bertz CT molecular complexity index is 338. The van der Waals surface area contributed by atoms with E-state index in [9.17, 15) is 4.79 Å². The number of carbonyl (C=O) groups is 1. The van der Waals surface area contributed by atoms with Gasteiger partial charge in [-0.05, 0) is 38.5 Å². The van der Waals surface area contributed by atoms with Gasteiger partial charge < -0.3 is 4.74 Å². The van der Waals surface area contributed by atoms with Gasteiger partial charge in [0.2, 0.25) is 0 Å². The highest BCUT2D eigenvalue weighted by Gasteiger charge is 2.52. The maximum atomic E-state index is 12.1. The van der Waals surface area contributed by atoms with Gasteiger partial charge in [-0.15, -0.1) is 0 Å². The number of amides is 1. The molecule has 0 aromatic rings. The summed E-state index contributed by atoms with van der Waals surface area (Å²) in [4.78, 5) is 14.0. The minimum atomic E-state index is -0.325. The van der Waals surface area contributed by atoms with Gasteiger partial charge >= 0.3 is 6.09 Å². The molecule has 0 radical (unpaired) electrons. The van der Waals surface area contributed by atoms with Crippen molar-refractivity contribution >= 4 is 6.09 Å². The van der Waals surface area contributed by atoms with E-state index in [2.05, 4.69) is 6.58 Å². The Morgan fingerprint density at radius 1 is 1.12 bits per heavy atom. The van der Waals surface area contributed by atoms with E-state index in [0.29, 0.717) is 6.04 Å². The summed E-state index contributed by atoms with van der Waals surface area (Å²) in [7, 11) is 0. The minimum absolute atomic E-state index is 0.135. The molecule has 0 aromatic carbocycles. The van der Waals surface area contributed by atoms with E-state index in [0.717, 1.165) is 44.2 Å². The van der Waals surface area contributed by atoms with Crippen LogP contribution in [0, 0.1) is 0 Å². The van der Waals surface area contributed by atoms with Crippen LogP contribution in [-0.4, -0.2) is 22.6 Å². The van der Waals surface area contributed by atoms with Crippen molar-refractivity contribution in [3.05, 3.63) is 12.3 Å². The number of rotatable bonds is 1. The molecule has 94 valence electrons. The highest BCUT2D eigenvalue weighted by Crippen LogP contribution is 2.46. The van der Waals surface area contributed by atoms with E-state index in [4.69, 9.17) is 4.74 Å². The zero-order valence-electron chi connectivity index (χ0n) is 10.4. The Hall–Kier alpha value is -0.990. The quantitative estimate of drug-likeness (QED) is 0.695. The molecule has 2 saturated carbocycles. The highest BCUT2D eigenvalue weighted by molar-refractivity contribution is 5.75. The molecule has 1 aliphatic heterocycles. The van der Waals surface area contributed by atoms with Crippen LogP contribution in [0.4, 0.5) is 4.79 Å². The van der Waals surface area contributed by atoms with Crippen molar-refractivity contribution in [2.75, 3.05) is 0 Å². The zero-order valence-corrected chi connectivity index (χ0v) is 10.4. The SMILES string of the molecule is C=C1N(C2CCCCC2)C(=O)OC12CCCC2. The van der Waals surface area contributed by atoms with Crippen molar-refractivity contribution in [3.8, 4) is 0 Å². The van der Waals surface area contributed by atoms with E-state index >= 15 is 0 Å².